The third kappa shape index (κ3) is 2.26. The summed E-state index contributed by atoms with van der Waals surface area (Å²) in [4.78, 5) is 11.5. The Morgan fingerprint density at radius 2 is 2.00 bits per heavy atom. The van der Waals surface area contributed by atoms with Crippen molar-refractivity contribution in [3.05, 3.63) is 40.5 Å². The molecule has 0 spiro atoms. The molecule has 90 valence electrons. The number of esters is 1. The minimum Gasteiger partial charge on any atom is -0.466 e. The maximum absolute atomic E-state index is 11.5. The van der Waals surface area contributed by atoms with Gasteiger partial charge in [0.2, 0.25) is 0 Å². The van der Waals surface area contributed by atoms with Crippen molar-refractivity contribution in [2.24, 2.45) is 0 Å². The van der Waals surface area contributed by atoms with Crippen LogP contribution in [0.5, 0.6) is 0 Å². The van der Waals surface area contributed by atoms with Gasteiger partial charge in [0.05, 0.1) is 7.11 Å². The number of methoxy groups -OCH3 is 1. The predicted molar refractivity (Wildman–Crippen MR) is 68.8 cm³/mol. The number of hydrogen-bond donors (Lipinski definition) is 0. The van der Waals surface area contributed by atoms with E-state index in [9.17, 15) is 4.79 Å². The second-order valence-electron chi connectivity index (χ2n) is 5.50. The molecule has 0 bridgehead atoms. The van der Waals surface area contributed by atoms with E-state index in [2.05, 4.69) is 39.0 Å². The van der Waals surface area contributed by atoms with Crippen LogP contribution in [0, 0.1) is 0 Å². The fourth-order valence-electron chi connectivity index (χ4n) is 2.07. The molecule has 17 heavy (non-hydrogen) atoms. The average Bonchev–Trinajstić information content (AvgIpc) is 2.69. The quantitative estimate of drug-likeness (QED) is 0.693. The smallest absolute Gasteiger partial charge is 0.334 e. The van der Waals surface area contributed by atoms with E-state index in [0.717, 1.165) is 11.1 Å². The molecule has 1 aromatic carbocycles. The lowest BCUT2D eigenvalue weighted by Crippen LogP contribution is -2.11. The van der Waals surface area contributed by atoms with Crippen LogP contribution in [0.15, 0.2) is 23.8 Å². The first kappa shape index (κ1) is 11.9. The Balaban J connectivity index is 2.31. The SMILES string of the molecule is COC(=O)C1=Cc2ccc(C(C)(C)C)cc2C1. The summed E-state index contributed by atoms with van der Waals surface area (Å²) in [6.07, 6.45) is 2.61. The Morgan fingerprint density at radius 3 is 2.59 bits per heavy atom. The normalized spacial score (nSPS) is 14.2. The number of fused-ring (bicyclic) bond motifs is 1. The summed E-state index contributed by atoms with van der Waals surface area (Å²) in [5, 5.41) is 0. The zero-order chi connectivity index (χ0) is 12.6. The number of ether oxygens (including phenoxy) is 1. The highest BCUT2D eigenvalue weighted by molar-refractivity contribution is 5.96. The molecule has 1 aliphatic carbocycles. The average molecular weight is 230 g/mol. The van der Waals surface area contributed by atoms with Gasteiger partial charge in [0.25, 0.3) is 0 Å². The lowest BCUT2D eigenvalue weighted by atomic mass is 9.85. The minimum atomic E-state index is -0.224. The molecule has 0 atom stereocenters. The Hall–Kier alpha value is -1.57. The molecule has 0 unspecified atom stereocenters. The van der Waals surface area contributed by atoms with Crippen molar-refractivity contribution in [1.29, 1.82) is 0 Å². The molecular weight excluding hydrogens is 212 g/mol. The van der Waals surface area contributed by atoms with Crippen LogP contribution in [0.3, 0.4) is 0 Å². The summed E-state index contributed by atoms with van der Waals surface area (Å²) >= 11 is 0. The van der Waals surface area contributed by atoms with E-state index >= 15 is 0 Å². The topological polar surface area (TPSA) is 26.3 Å². The van der Waals surface area contributed by atoms with E-state index in [4.69, 9.17) is 4.74 Å². The van der Waals surface area contributed by atoms with E-state index in [-0.39, 0.29) is 11.4 Å². The molecule has 2 nitrogen and oxygen atoms in total. The van der Waals surface area contributed by atoms with Crippen LogP contribution in [0.1, 0.15) is 37.5 Å². The fraction of sp³-hybridized carbons (Fsp3) is 0.400. The molecule has 0 aliphatic heterocycles. The molecule has 0 aromatic heterocycles. The highest BCUT2D eigenvalue weighted by Crippen LogP contribution is 2.30. The predicted octanol–water partition coefficient (Wildman–Crippen LogP) is 3.10. The van der Waals surface area contributed by atoms with Gasteiger partial charge < -0.3 is 4.74 Å². The number of benzene rings is 1. The molecule has 1 aliphatic rings. The molecule has 0 heterocycles. The number of rotatable bonds is 1. The summed E-state index contributed by atoms with van der Waals surface area (Å²) in [5.41, 5.74) is 4.55. The largest absolute Gasteiger partial charge is 0.466 e. The molecule has 0 saturated carbocycles. The molecule has 0 N–H and O–H groups in total. The van der Waals surface area contributed by atoms with E-state index in [0.29, 0.717) is 6.42 Å². The van der Waals surface area contributed by atoms with Crippen molar-refractivity contribution in [2.45, 2.75) is 32.6 Å². The van der Waals surface area contributed by atoms with E-state index in [1.807, 2.05) is 6.08 Å². The Labute approximate surface area is 102 Å². The Morgan fingerprint density at radius 1 is 1.29 bits per heavy atom. The monoisotopic (exact) mass is 230 g/mol. The Bertz CT molecular complexity index is 490. The van der Waals surface area contributed by atoms with Crippen molar-refractivity contribution in [2.75, 3.05) is 7.11 Å². The van der Waals surface area contributed by atoms with Gasteiger partial charge in [0, 0.05) is 12.0 Å². The molecule has 2 rings (SSSR count). The molecule has 2 heteroatoms. The number of carbonyl (C=O) groups excluding carboxylic acids is 1. The summed E-state index contributed by atoms with van der Waals surface area (Å²) in [6, 6.07) is 6.42. The third-order valence-electron chi connectivity index (χ3n) is 3.17. The maximum atomic E-state index is 11.5. The van der Waals surface area contributed by atoms with Gasteiger partial charge in [-0.2, -0.15) is 0 Å². The van der Waals surface area contributed by atoms with Gasteiger partial charge in [-0.3, -0.25) is 0 Å². The van der Waals surface area contributed by atoms with Gasteiger partial charge in [-0.15, -0.1) is 0 Å². The van der Waals surface area contributed by atoms with E-state index in [1.165, 1.54) is 18.2 Å². The molecule has 1 aromatic rings. The van der Waals surface area contributed by atoms with Gasteiger partial charge >= 0.3 is 5.97 Å². The zero-order valence-electron chi connectivity index (χ0n) is 10.8. The molecule has 0 saturated heterocycles. The standard InChI is InChI=1S/C15H18O2/c1-15(2,3)13-6-5-10-7-12(14(16)17-4)8-11(10)9-13/h5-7,9H,8H2,1-4H3. The van der Waals surface area contributed by atoms with Gasteiger partial charge in [-0.25, -0.2) is 4.79 Å². The zero-order valence-corrected chi connectivity index (χ0v) is 10.8. The van der Waals surface area contributed by atoms with E-state index in [1.54, 1.807) is 0 Å². The van der Waals surface area contributed by atoms with E-state index < -0.39 is 0 Å². The fourth-order valence-corrected chi connectivity index (χ4v) is 2.07. The maximum Gasteiger partial charge on any atom is 0.334 e. The van der Waals surface area contributed by atoms with Gasteiger partial charge in [-0.05, 0) is 28.2 Å². The third-order valence-corrected chi connectivity index (χ3v) is 3.17. The Kier molecular flexibility index (Phi) is 2.82. The molecular formula is C15H18O2. The highest BCUT2D eigenvalue weighted by atomic mass is 16.5. The van der Waals surface area contributed by atoms with Gasteiger partial charge in [0.15, 0.2) is 0 Å². The molecule has 0 radical (unpaired) electrons. The first-order valence-electron chi connectivity index (χ1n) is 5.84. The van der Waals surface area contributed by atoms with Crippen LogP contribution in [0.25, 0.3) is 6.08 Å². The van der Waals surface area contributed by atoms with Crippen molar-refractivity contribution in [3.63, 3.8) is 0 Å². The van der Waals surface area contributed by atoms with Crippen molar-refractivity contribution >= 4 is 12.0 Å². The molecule has 0 fully saturated rings. The summed E-state index contributed by atoms with van der Waals surface area (Å²) < 4.78 is 4.76. The number of carbonyl (C=O) groups is 1. The van der Waals surface area contributed by atoms with Gasteiger partial charge in [0.1, 0.15) is 0 Å². The lowest BCUT2D eigenvalue weighted by Gasteiger charge is -2.19. The van der Waals surface area contributed by atoms with Crippen LogP contribution in [0.4, 0.5) is 0 Å². The summed E-state index contributed by atoms with van der Waals surface area (Å²) in [6.45, 7) is 6.58. The minimum absolute atomic E-state index is 0.142. The van der Waals surface area contributed by atoms with Crippen LogP contribution in [0.2, 0.25) is 0 Å². The van der Waals surface area contributed by atoms with Crippen molar-refractivity contribution < 1.29 is 9.53 Å². The molecule has 0 amide bonds. The highest BCUT2D eigenvalue weighted by Gasteiger charge is 2.21. The summed E-state index contributed by atoms with van der Waals surface area (Å²) in [5.74, 6) is -0.224. The van der Waals surface area contributed by atoms with Crippen LogP contribution < -0.4 is 0 Å². The van der Waals surface area contributed by atoms with Crippen molar-refractivity contribution in [1.82, 2.24) is 0 Å². The second-order valence-corrected chi connectivity index (χ2v) is 5.50. The lowest BCUT2D eigenvalue weighted by molar-refractivity contribution is -0.136. The first-order valence-corrected chi connectivity index (χ1v) is 5.84. The first-order chi connectivity index (χ1) is 7.91. The summed E-state index contributed by atoms with van der Waals surface area (Å²) in [7, 11) is 1.42. The number of hydrogen-bond acceptors (Lipinski definition) is 2. The second kappa shape index (κ2) is 4.02. The van der Waals surface area contributed by atoms with Crippen LogP contribution in [-0.2, 0) is 21.4 Å². The van der Waals surface area contributed by atoms with Crippen LogP contribution in [-0.4, -0.2) is 13.1 Å². The van der Waals surface area contributed by atoms with Crippen LogP contribution >= 0.6 is 0 Å². The van der Waals surface area contributed by atoms with Gasteiger partial charge in [-0.1, -0.05) is 39.0 Å². The van der Waals surface area contributed by atoms with Crippen molar-refractivity contribution in [3.8, 4) is 0 Å².